The standard InChI is InChI=1S/C14H19IN2/c15-12-9-11(16)6-7-14(12)17-8-2-4-10-3-1-5-13(10)17/h6-7,9-10,13H,1-5,8,16H2. The summed E-state index contributed by atoms with van der Waals surface area (Å²) in [5, 5.41) is 0. The maximum atomic E-state index is 5.84. The van der Waals surface area contributed by atoms with E-state index in [-0.39, 0.29) is 0 Å². The quantitative estimate of drug-likeness (QED) is 0.624. The first kappa shape index (κ1) is 11.6. The third-order valence-corrected chi connectivity index (χ3v) is 5.14. The predicted molar refractivity (Wildman–Crippen MR) is 81.3 cm³/mol. The molecule has 2 aliphatic rings. The van der Waals surface area contributed by atoms with E-state index < -0.39 is 0 Å². The highest BCUT2D eigenvalue weighted by molar-refractivity contribution is 14.1. The molecule has 92 valence electrons. The Labute approximate surface area is 117 Å². The number of rotatable bonds is 1. The zero-order valence-electron chi connectivity index (χ0n) is 10.0. The van der Waals surface area contributed by atoms with E-state index in [9.17, 15) is 0 Å². The second-order valence-corrected chi connectivity index (χ2v) is 6.47. The number of fused-ring (bicyclic) bond motifs is 1. The van der Waals surface area contributed by atoms with Crippen molar-refractivity contribution in [3.8, 4) is 0 Å². The van der Waals surface area contributed by atoms with Gasteiger partial charge in [-0.1, -0.05) is 6.42 Å². The number of anilines is 2. The molecule has 0 aromatic heterocycles. The van der Waals surface area contributed by atoms with Gasteiger partial charge in [-0.25, -0.2) is 0 Å². The van der Waals surface area contributed by atoms with Crippen molar-refractivity contribution in [1.29, 1.82) is 0 Å². The first-order chi connectivity index (χ1) is 8.25. The molecular formula is C14H19IN2. The van der Waals surface area contributed by atoms with Gasteiger partial charge in [-0.3, -0.25) is 0 Å². The summed E-state index contributed by atoms with van der Waals surface area (Å²) in [6, 6.07) is 7.13. The lowest BCUT2D eigenvalue weighted by Gasteiger charge is -2.40. The van der Waals surface area contributed by atoms with Crippen molar-refractivity contribution in [2.45, 2.75) is 38.1 Å². The van der Waals surface area contributed by atoms with E-state index >= 15 is 0 Å². The molecule has 1 aliphatic carbocycles. The molecule has 1 aromatic carbocycles. The van der Waals surface area contributed by atoms with Gasteiger partial charge in [0.25, 0.3) is 0 Å². The molecule has 2 unspecified atom stereocenters. The van der Waals surface area contributed by atoms with Crippen LogP contribution in [-0.4, -0.2) is 12.6 Å². The van der Waals surface area contributed by atoms with Gasteiger partial charge in [0.05, 0.1) is 5.69 Å². The highest BCUT2D eigenvalue weighted by Gasteiger charge is 2.35. The van der Waals surface area contributed by atoms with Crippen LogP contribution in [0.25, 0.3) is 0 Å². The van der Waals surface area contributed by atoms with Gasteiger partial charge in [0.2, 0.25) is 0 Å². The van der Waals surface area contributed by atoms with Gasteiger partial charge < -0.3 is 10.6 Å². The van der Waals surface area contributed by atoms with Crippen LogP contribution >= 0.6 is 22.6 Å². The number of benzene rings is 1. The zero-order chi connectivity index (χ0) is 11.8. The molecule has 2 N–H and O–H groups in total. The van der Waals surface area contributed by atoms with E-state index in [2.05, 4.69) is 39.6 Å². The van der Waals surface area contributed by atoms with Gasteiger partial charge in [0, 0.05) is 21.8 Å². The van der Waals surface area contributed by atoms with E-state index in [1.807, 2.05) is 6.07 Å². The molecule has 3 rings (SSSR count). The molecule has 1 saturated carbocycles. The van der Waals surface area contributed by atoms with Crippen LogP contribution in [0, 0.1) is 9.49 Å². The first-order valence-electron chi connectivity index (χ1n) is 6.57. The Bertz CT molecular complexity index is 419. The van der Waals surface area contributed by atoms with E-state index in [0.29, 0.717) is 0 Å². The number of nitrogen functional groups attached to an aromatic ring is 1. The van der Waals surface area contributed by atoms with Crippen LogP contribution in [0.4, 0.5) is 11.4 Å². The first-order valence-corrected chi connectivity index (χ1v) is 7.65. The van der Waals surface area contributed by atoms with Crippen molar-refractivity contribution in [3.63, 3.8) is 0 Å². The fraction of sp³-hybridized carbons (Fsp3) is 0.571. The predicted octanol–water partition coefficient (Wildman–Crippen LogP) is 3.64. The maximum absolute atomic E-state index is 5.84. The van der Waals surface area contributed by atoms with Gasteiger partial charge in [-0.2, -0.15) is 0 Å². The molecule has 2 fully saturated rings. The lowest BCUT2D eigenvalue weighted by Crippen LogP contribution is -2.43. The summed E-state index contributed by atoms with van der Waals surface area (Å²) >= 11 is 2.42. The van der Waals surface area contributed by atoms with Crippen molar-refractivity contribution in [3.05, 3.63) is 21.8 Å². The van der Waals surface area contributed by atoms with Crippen LogP contribution in [0.2, 0.25) is 0 Å². The minimum Gasteiger partial charge on any atom is -0.399 e. The Morgan fingerprint density at radius 2 is 2.00 bits per heavy atom. The Hall–Kier alpha value is -0.450. The van der Waals surface area contributed by atoms with Crippen LogP contribution in [0.3, 0.4) is 0 Å². The molecule has 17 heavy (non-hydrogen) atoms. The van der Waals surface area contributed by atoms with Crippen molar-refractivity contribution >= 4 is 34.0 Å². The highest BCUT2D eigenvalue weighted by Crippen LogP contribution is 2.40. The summed E-state index contributed by atoms with van der Waals surface area (Å²) in [6.45, 7) is 1.22. The second-order valence-electron chi connectivity index (χ2n) is 5.30. The van der Waals surface area contributed by atoms with Gasteiger partial charge >= 0.3 is 0 Å². The monoisotopic (exact) mass is 342 g/mol. The molecule has 1 aromatic rings. The zero-order valence-corrected chi connectivity index (χ0v) is 12.2. The molecule has 0 radical (unpaired) electrons. The average molecular weight is 342 g/mol. The fourth-order valence-corrected chi connectivity index (χ4v) is 4.36. The molecular weight excluding hydrogens is 323 g/mol. The average Bonchev–Trinajstić information content (AvgIpc) is 2.77. The molecule has 1 saturated heterocycles. The summed E-state index contributed by atoms with van der Waals surface area (Å²) in [6.07, 6.45) is 7.02. The van der Waals surface area contributed by atoms with E-state index in [4.69, 9.17) is 5.73 Å². The number of halogens is 1. The normalized spacial score (nSPS) is 28.2. The van der Waals surface area contributed by atoms with Crippen molar-refractivity contribution in [2.24, 2.45) is 5.92 Å². The lowest BCUT2D eigenvalue weighted by atomic mass is 9.91. The largest absolute Gasteiger partial charge is 0.399 e. The topological polar surface area (TPSA) is 29.3 Å². The minimum absolute atomic E-state index is 0.792. The Morgan fingerprint density at radius 3 is 2.82 bits per heavy atom. The van der Waals surface area contributed by atoms with Gasteiger partial charge in [0.15, 0.2) is 0 Å². The number of hydrogen-bond acceptors (Lipinski definition) is 2. The summed E-state index contributed by atoms with van der Waals surface area (Å²) in [5.74, 6) is 0.942. The van der Waals surface area contributed by atoms with Gasteiger partial charge in [-0.05, 0) is 72.4 Å². The molecule has 1 heterocycles. The minimum atomic E-state index is 0.792. The Balaban J connectivity index is 1.91. The van der Waals surface area contributed by atoms with Crippen molar-refractivity contribution in [2.75, 3.05) is 17.2 Å². The third-order valence-electron chi connectivity index (χ3n) is 4.27. The molecule has 2 atom stereocenters. The highest BCUT2D eigenvalue weighted by atomic mass is 127. The van der Waals surface area contributed by atoms with Crippen LogP contribution in [0.1, 0.15) is 32.1 Å². The SMILES string of the molecule is Nc1ccc(N2CCCC3CCCC32)c(I)c1. The van der Waals surface area contributed by atoms with Crippen molar-refractivity contribution in [1.82, 2.24) is 0 Å². The smallest absolute Gasteiger partial charge is 0.0506 e. The van der Waals surface area contributed by atoms with Crippen LogP contribution in [-0.2, 0) is 0 Å². The third kappa shape index (κ3) is 2.14. The summed E-state index contributed by atoms with van der Waals surface area (Å²) in [4.78, 5) is 2.64. The number of nitrogens with zero attached hydrogens (tertiary/aromatic N) is 1. The molecule has 0 amide bonds. The van der Waals surface area contributed by atoms with E-state index in [1.54, 1.807) is 0 Å². The molecule has 2 nitrogen and oxygen atoms in total. The van der Waals surface area contributed by atoms with Gasteiger partial charge in [0.1, 0.15) is 0 Å². The molecule has 3 heteroatoms. The van der Waals surface area contributed by atoms with Crippen LogP contribution < -0.4 is 10.6 Å². The van der Waals surface area contributed by atoms with Crippen LogP contribution in [0.15, 0.2) is 18.2 Å². The summed E-state index contributed by atoms with van der Waals surface area (Å²) < 4.78 is 1.30. The number of hydrogen-bond donors (Lipinski definition) is 1. The molecule has 0 bridgehead atoms. The fourth-order valence-electron chi connectivity index (χ4n) is 3.51. The van der Waals surface area contributed by atoms with Crippen molar-refractivity contribution < 1.29 is 0 Å². The summed E-state index contributed by atoms with van der Waals surface area (Å²) in [5.41, 5.74) is 8.11. The van der Waals surface area contributed by atoms with E-state index in [1.165, 1.54) is 47.9 Å². The number of piperidine rings is 1. The van der Waals surface area contributed by atoms with E-state index in [0.717, 1.165) is 17.6 Å². The lowest BCUT2D eigenvalue weighted by molar-refractivity contribution is 0.362. The Kier molecular flexibility index (Phi) is 3.19. The number of nitrogens with two attached hydrogens (primary N) is 1. The van der Waals surface area contributed by atoms with Gasteiger partial charge in [-0.15, -0.1) is 0 Å². The maximum Gasteiger partial charge on any atom is 0.0506 e. The molecule has 0 spiro atoms. The Morgan fingerprint density at radius 1 is 1.18 bits per heavy atom. The molecule has 1 aliphatic heterocycles. The second kappa shape index (κ2) is 4.67. The van der Waals surface area contributed by atoms with Crippen LogP contribution in [0.5, 0.6) is 0 Å². The summed E-state index contributed by atoms with van der Waals surface area (Å²) in [7, 11) is 0.